The van der Waals surface area contributed by atoms with Crippen molar-refractivity contribution in [1.82, 2.24) is 9.97 Å². The molecule has 0 spiro atoms. The van der Waals surface area contributed by atoms with Gasteiger partial charge < -0.3 is 9.47 Å². The first-order valence-electron chi connectivity index (χ1n) is 14.7. The lowest BCUT2D eigenvalue weighted by Gasteiger charge is -2.11. The summed E-state index contributed by atoms with van der Waals surface area (Å²) in [5.74, 6) is 0.440. The molecule has 2 aromatic heterocycles. The standard InChI is InChI=1S/C39H32N2O3/c42-39(43-37-35(13-7-23-40-37)27-33-19-15-31(16-20-33)25-29-9-3-1-4-10-29)44-38-36(14-8-24-41-38)28-34-21-17-32(18-22-34)26-30-11-5-2-6-12-30/h1-24H,25-28H2. The molecule has 0 atom stereocenters. The number of hydrogen-bond acceptors (Lipinski definition) is 5. The second kappa shape index (κ2) is 14.1. The Hall–Kier alpha value is -5.55. The van der Waals surface area contributed by atoms with E-state index in [0.29, 0.717) is 12.8 Å². The van der Waals surface area contributed by atoms with Crippen LogP contribution >= 0.6 is 0 Å². The number of rotatable bonds is 10. The van der Waals surface area contributed by atoms with E-state index in [4.69, 9.17) is 9.47 Å². The van der Waals surface area contributed by atoms with Gasteiger partial charge in [-0.05, 0) is 58.4 Å². The van der Waals surface area contributed by atoms with Gasteiger partial charge in [0, 0.05) is 36.4 Å². The lowest BCUT2D eigenvalue weighted by Crippen LogP contribution is -2.17. The molecular formula is C39H32N2O3. The summed E-state index contributed by atoms with van der Waals surface area (Å²) < 4.78 is 11.2. The molecular weight excluding hydrogens is 544 g/mol. The SMILES string of the molecule is O=C(Oc1ncccc1Cc1ccc(Cc2ccccc2)cc1)Oc1ncccc1Cc1ccc(Cc2ccccc2)cc1. The summed E-state index contributed by atoms with van der Waals surface area (Å²) >= 11 is 0. The van der Waals surface area contributed by atoms with Gasteiger partial charge in [-0.3, -0.25) is 0 Å². The first-order chi connectivity index (χ1) is 21.7. The van der Waals surface area contributed by atoms with Gasteiger partial charge in [0.05, 0.1) is 0 Å². The van der Waals surface area contributed by atoms with Crippen molar-refractivity contribution in [3.05, 3.63) is 190 Å². The van der Waals surface area contributed by atoms with Crippen LogP contribution < -0.4 is 9.47 Å². The smallest absolute Gasteiger partial charge is 0.375 e. The maximum absolute atomic E-state index is 12.9. The van der Waals surface area contributed by atoms with Crippen molar-refractivity contribution in [2.45, 2.75) is 25.7 Å². The monoisotopic (exact) mass is 576 g/mol. The van der Waals surface area contributed by atoms with Crippen LogP contribution in [0.15, 0.2) is 146 Å². The summed E-state index contributed by atoms with van der Waals surface area (Å²) in [5, 5.41) is 0. The number of carbonyl (C=O) groups is 1. The second-order valence-corrected chi connectivity index (χ2v) is 10.7. The maximum atomic E-state index is 12.9. The number of carbonyl (C=O) groups excluding carboxylic acids is 1. The van der Waals surface area contributed by atoms with E-state index in [1.807, 2.05) is 36.4 Å². The highest BCUT2D eigenvalue weighted by Gasteiger charge is 2.16. The van der Waals surface area contributed by atoms with Crippen molar-refractivity contribution >= 4 is 6.16 Å². The van der Waals surface area contributed by atoms with Crippen molar-refractivity contribution < 1.29 is 14.3 Å². The maximum Gasteiger partial charge on any atom is 0.522 e. The Morgan fingerprint density at radius 2 is 0.750 bits per heavy atom. The van der Waals surface area contributed by atoms with Gasteiger partial charge in [-0.15, -0.1) is 0 Å². The van der Waals surface area contributed by atoms with Crippen molar-refractivity contribution in [2.24, 2.45) is 0 Å². The number of hydrogen-bond donors (Lipinski definition) is 0. The van der Waals surface area contributed by atoms with E-state index in [-0.39, 0.29) is 11.8 Å². The average Bonchev–Trinajstić information content (AvgIpc) is 3.06. The molecule has 4 aromatic carbocycles. The highest BCUT2D eigenvalue weighted by atomic mass is 16.7. The number of benzene rings is 4. The first kappa shape index (κ1) is 28.6. The number of aromatic nitrogens is 2. The summed E-state index contributed by atoms with van der Waals surface area (Å²) in [7, 11) is 0. The molecule has 0 fully saturated rings. The topological polar surface area (TPSA) is 61.3 Å². The molecule has 6 rings (SSSR count). The molecule has 2 heterocycles. The minimum absolute atomic E-state index is 0.220. The zero-order chi connectivity index (χ0) is 30.0. The molecule has 0 aliphatic rings. The summed E-state index contributed by atoms with van der Waals surface area (Å²) in [5.41, 5.74) is 8.78. The molecule has 5 heteroatoms. The molecule has 0 aliphatic carbocycles. The summed E-state index contributed by atoms with van der Waals surface area (Å²) in [4.78, 5) is 21.5. The van der Waals surface area contributed by atoms with Crippen molar-refractivity contribution in [3.8, 4) is 11.8 Å². The normalized spacial score (nSPS) is 10.7. The Labute approximate surface area is 257 Å². The predicted octanol–water partition coefficient (Wildman–Crippen LogP) is 8.42. The first-order valence-corrected chi connectivity index (χ1v) is 14.7. The van der Waals surface area contributed by atoms with Crippen LogP contribution in [0.2, 0.25) is 0 Å². The van der Waals surface area contributed by atoms with E-state index in [1.54, 1.807) is 12.4 Å². The van der Waals surface area contributed by atoms with E-state index < -0.39 is 6.16 Å². The zero-order valence-corrected chi connectivity index (χ0v) is 24.3. The summed E-state index contributed by atoms with van der Waals surface area (Å²) in [6.07, 6.45) is 5.22. The molecule has 44 heavy (non-hydrogen) atoms. The van der Waals surface area contributed by atoms with Crippen molar-refractivity contribution in [3.63, 3.8) is 0 Å². The minimum Gasteiger partial charge on any atom is -0.375 e. The van der Waals surface area contributed by atoms with Crippen LogP contribution in [0.3, 0.4) is 0 Å². The summed E-state index contributed by atoms with van der Waals surface area (Å²) in [6.45, 7) is 0. The fourth-order valence-corrected chi connectivity index (χ4v) is 5.13. The predicted molar refractivity (Wildman–Crippen MR) is 172 cm³/mol. The Morgan fingerprint density at radius 1 is 0.409 bits per heavy atom. The fourth-order valence-electron chi connectivity index (χ4n) is 5.13. The molecule has 0 aliphatic heterocycles. The molecule has 216 valence electrons. The van der Waals surface area contributed by atoms with Gasteiger partial charge in [-0.25, -0.2) is 14.8 Å². The van der Waals surface area contributed by atoms with E-state index in [9.17, 15) is 4.79 Å². The Kier molecular flexibility index (Phi) is 9.14. The molecule has 0 saturated heterocycles. The van der Waals surface area contributed by atoms with Gasteiger partial charge in [0.25, 0.3) is 0 Å². The van der Waals surface area contributed by atoms with E-state index in [0.717, 1.165) is 35.1 Å². The van der Waals surface area contributed by atoms with Crippen LogP contribution in [-0.2, 0) is 25.7 Å². The Morgan fingerprint density at radius 3 is 1.14 bits per heavy atom. The summed E-state index contributed by atoms with van der Waals surface area (Å²) in [6, 6.07) is 45.2. The van der Waals surface area contributed by atoms with Gasteiger partial charge in [0.15, 0.2) is 0 Å². The third-order valence-electron chi connectivity index (χ3n) is 7.40. The average molecular weight is 577 g/mol. The Bertz CT molecular complexity index is 1670. The molecule has 0 unspecified atom stereocenters. The zero-order valence-electron chi connectivity index (χ0n) is 24.3. The van der Waals surface area contributed by atoms with Gasteiger partial charge in [0.2, 0.25) is 11.8 Å². The fraction of sp³-hybridized carbons (Fsp3) is 0.103. The molecule has 0 amide bonds. The second-order valence-electron chi connectivity index (χ2n) is 10.7. The third-order valence-corrected chi connectivity index (χ3v) is 7.40. The van der Waals surface area contributed by atoms with Crippen molar-refractivity contribution in [1.29, 1.82) is 0 Å². The molecule has 5 nitrogen and oxygen atoms in total. The largest absolute Gasteiger partial charge is 0.522 e. The molecule has 0 saturated carbocycles. The number of pyridine rings is 2. The lowest BCUT2D eigenvalue weighted by molar-refractivity contribution is 0.147. The highest BCUT2D eigenvalue weighted by molar-refractivity contribution is 5.67. The van der Waals surface area contributed by atoms with Gasteiger partial charge in [0.1, 0.15) is 0 Å². The van der Waals surface area contributed by atoms with E-state index >= 15 is 0 Å². The van der Waals surface area contributed by atoms with Crippen LogP contribution in [0.5, 0.6) is 11.8 Å². The van der Waals surface area contributed by atoms with Gasteiger partial charge in [-0.2, -0.15) is 0 Å². The highest BCUT2D eigenvalue weighted by Crippen LogP contribution is 2.23. The van der Waals surface area contributed by atoms with Crippen LogP contribution in [0.4, 0.5) is 4.79 Å². The third kappa shape index (κ3) is 7.84. The van der Waals surface area contributed by atoms with Gasteiger partial charge in [-0.1, -0.05) is 121 Å². The molecule has 0 radical (unpaired) electrons. The quantitative estimate of drug-likeness (QED) is 0.153. The lowest BCUT2D eigenvalue weighted by atomic mass is 10.0. The van der Waals surface area contributed by atoms with Gasteiger partial charge >= 0.3 is 6.16 Å². The van der Waals surface area contributed by atoms with Crippen LogP contribution in [-0.4, -0.2) is 16.1 Å². The van der Waals surface area contributed by atoms with E-state index in [2.05, 4.69) is 107 Å². The van der Waals surface area contributed by atoms with Crippen LogP contribution in [0.1, 0.15) is 44.5 Å². The van der Waals surface area contributed by atoms with Crippen molar-refractivity contribution in [2.75, 3.05) is 0 Å². The molecule has 0 N–H and O–H groups in total. The van der Waals surface area contributed by atoms with E-state index in [1.165, 1.54) is 22.3 Å². The van der Waals surface area contributed by atoms with Crippen LogP contribution in [0.25, 0.3) is 0 Å². The minimum atomic E-state index is -0.874. The van der Waals surface area contributed by atoms with Crippen LogP contribution in [0, 0.1) is 0 Å². The Balaban J connectivity index is 1.08. The number of ether oxygens (including phenoxy) is 2. The molecule has 0 bridgehead atoms. The number of nitrogens with zero attached hydrogens (tertiary/aromatic N) is 2. The molecule has 6 aromatic rings.